The van der Waals surface area contributed by atoms with E-state index in [0.29, 0.717) is 22.5 Å². The summed E-state index contributed by atoms with van der Waals surface area (Å²) >= 11 is 0. The molecular formula is C23H24O6. The molecule has 6 heteroatoms. The van der Waals surface area contributed by atoms with Crippen LogP contribution in [0.1, 0.15) is 32.8 Å². The molecule has 1 aromatic heterocycles. The number of rotatable bonds is 8. The van der Waals surface area contributed by atoms with Crippen molar-refractivity contribution in [3.8, 4) is 17.2 Å². The predicted octanol–water partition coefficient (Wildman–Crippen LogP) is 4.87. The topological polar surface area (TPSA) is 75.0 Å². The van der Waals surface area contributed by atoms with Crippen molar-refractivity contribution in [1.82, 2.24) is 0 Å². The Labute approximate surface area is 169 Å². The molecule has 1 heterocycles. The Balaban J connectivity index is 1.77. The minimum Gasteiger partial charge on any atom is -0.482 e. The molecule has 29 heavy (non-hydrogen) atoms. The van der Waals surface area contributed by atoms with Gasteiger partial charge in [0.15, 0.2) is 6.61 Å². The fourth-order valence-electron chi connectivity index (χ4n) is 2.75. The largest absolute Gasteiger partial charge is 0.482 e. The van der Waals surface area contributed by atoms with E-state index in [1.165, 1.54) is 6.26 Å². The van der Waals surface area contributed by atoms with Crippen LogP contribution in [0.5, 0.6) is 17.2 Å². The van der Waals surface area contributed by atoms with Gasteiger partial charge in [0.25, 0.3) is 0 Å². The molecule has 0 fully saturated rings. The Morgan fingerprint density at radius 2 is 1.90 bits per heavy atom. The van der Waals surface area contributed by atoms with Gasteiger partial charge in [-0.2, -0.15) is 0 Å². The highest BCUT2D eigenvalue weighted by atomic mass is 16.6. The van der Waals surface area contributed by atoms with E-state index >= 15 is 0 Å². The van der Waals surface area contributed by atoms with Crippen LogP contribution in [0.25, 0.3) is 11.0 Å². The van der Waals surface area contributed by atoms with Crippen molar-refractivity contribution in [2.45, 2.75) is 39.7 Å². The standard InChI is InChI=1S/C23H24O6/c1-4-15(3)28-22(24)14-26-17-10-11-18-20(12-17)27-13-21(23(18)25)29-19-9-7-6-8-16(19)5-2/h6-13,15H,4-5,14H2,1-3H3/t15-/m1/s1. The lowest BCUT2D eigenvalue weighted by molar-refractivity contribution is -0.150. The number of carbonyl (C=O) groups excluding carboxylic acids is 1. The van der Waals surface area contributed by atoms with Crippen LogP contribution in [-0.4, -0.2) is 18.7 Å². The van der Waals surface area contributed by atoms with Gasteiger partial charge < -0.3 is 18.6 Å². The van der Waals surface area contributed by atoms with Crippen molar-refractivity contribution in [3.05, 3.63) is 64.5 Å². The van der Waals surface area contributed by atoms with Crippen molar-refractivity contribution in [3.63, 3.8) is 0 Å². The third-order valence-electron chi connectivity index (χ3n) is 4.55. The van der Waals surface area contributed by atoms with Crippen molar-refractivity contribution in [2.24, 2.45) is 0 Å². The van der Waals surface area contributed by atoms with Gasteiger partial charge in [-0.1, -0.05) is 32.0 Å². The Morgan fingerprint density at radius 1 is 1.10 bits per heavy atom. The lowest BCUT2D eigenvalue weighted by atomic mass is 10.1. The van der Waals surface area contributed by atoms with Crippen LogP contribution < -0.4 is 14.9 Å². The molecule has 0 N–H and O–H groups in total. The molecule has 0 amide bonds. The zero-order valence-electron chi connectivity index (χ0n) is 16.8. The minimum absolute atomic E-state index is 0.115. The highest BCUT2D eigenvalue weighted by molar-refractivity contribution is 5.79. The summed E-state index contributed by atoms with van der Waals surface area (Å²) in [7, 11) is 0. The molecule has 2 aromatic carbocycles. The van der Waals surface area contributed by atoms with Crippen LogP contribution in [0.4, 0.5) is 0 Å². The second kappa shape index (κ2) is 9.28. The molecule has 0 spiro atoms. The summed E-state index contributed by atoms with van der Waals surface area (Å²) in [6.07, 6.45) is 2.66. The lowest BCUT2D eigenvalue weighted by Gasteiger charge is -2.12. The maximum absolute atomic E-state index is 12.8. The molecule has 0 radical (unpaired) electrons. The van der Waals surface area contributed by atoms with Crippen LogP contribution >= 0.6 is 0 Å². The fraction of sp³-hybridized carbons (Fsp3) is 0.304. The quantitative estimate of drug-likeness (QED) is 0.506. The van der Waals surface area contributed by atoms with Gasteiger partial charge in [0.2, 0.25) is 11.2 Å². The second-order valence-corrected chi connectivity index (χ2v) is 6.65. The van der Waals surface area contributed by atoms with Crippen molar-refractivity contribution < 1.29 is 23.4 Å². The summed E-state index contributed by atoms with van der Waals surface area (Å²) in [4.78, 5) is 24.5. The van der Waals surface area contributed by atoms with Crippen molar-refractivity contribution in [2.75, 3.05) is 6.61 Å². The van der Waals surface area contributed by atoms with Crippen molar-refractivity contribution in [1.29, 1.82) is 0 Å². The molecule has 1 atom stereocenters. The third-order valence-corrected chi connectivity index (χ3v) is 4.55. The number of carbonyl (C=O) groups is 1. The van der Waals surface area contributed by atoms with Gasteiger partial charge in [-0.25, -0.2) is 4.79 Å². The van der Waals surface area contributed by atoms with Gasteiger partial charge in [-0.15, -0.1) is 0 Å². The summed E-state index contributed by atoms with van der Waals surface area (Å²) < 4.78 is 22.0. The zero-order valence-corrected chi connectivity index (χ0v) is 16.8. The van der Waals surface area contributed by atoms with Gasteiger partial charge in [0, 0.05) is 6.07 Å². The van der Waals surface area contributed by atoms with Gasteiger partial charge in [0.05, 0.1) is 11.5 Å². The Bertz CT molecular complexity index is 1050. The summed E-state index contributed by atoms with van der Waals surface area (Å²) in [6, 6.07) is 12.3. The molecule has 0 aliphatic carbocycles. The van der Waals surface area contributed by atoms with E-state index in [9.17, 15) is 9.59 Å². The van der Waals surface area contributed by atoms with Crippen LogP contribution in [-0.2, 0) is 16.0 Å². The maximum Gasteiger partial charge on any atom is 0.344 e. The van der Waals surface area contributed by atoms with Crippen LogP contribution in [0.15, 0.2) is 57.9 Å². The number of benzene rings is 2. The predicted molar refractivity (Wildman–Crippen MR) is 110 cm³/mol. The van der Waals surface area contributed by atoms with Crippen LogP contribution in [0, 0.1) is 0 Å². The van der Waals surface area contributed by atoms with E-state index in [0.717, 1.165) is 18.4 Å². The molecular weight excluding hydrogens is 372 g/mol. The highest BCUT2D eigenvalue weighted by Gasteiger charge is 2.13. The Hall–Kier alpha value is -3.28. The van der Waals surface area contributed by atoms with Crippen LogP contribution in [0.3, 0.4) is 0 Å². The van der Waals surface area contributed by atoms with Gasteiger partial charge in [-0.05, 0) is 43.5 Å². The Kier molecular flexibility index (Phi) is 6.54. The first kappa shape index (κ1) is 20.5. The molecule has 3 rings (SSSR count). The van der Waals surface area contributed by atoms with Crippen LogP contribution in [0.2, 0.25) is 0 Å². The monoisotopic (exact) mass is 396 g/mol. The SMILES string of the molecule is CCc1ccccc1Oc1coc2cc(OCC(=O)O[C@H](C)CC)ccc2c1=O. The van der Waals surface area contributed by atoms with Gasteiger partial charge >= 0.3 is 5.97 Å². The van der Waals surface area contributed by atoms with E-state index < -0.39 is 5.97 Å². The summed E-state index contributed by atoms with van der Waals surface area (Å²) in [5.74, 6) is 0.705. The highest BCUT2D eigenvalue weighted by Crippen LogP contribution is 2.26. The number of esters is 1. The molecule has 0 saturated heterocycles. The summed E-state index contributed by atoms with van der Waals surface area (Å²) in [5.41, 5.74) is 1.07. The smallest absolute Gasteiger partial charge is 0.344 e. The average Bonchev–Trinajstić information content (AvgIpc) is 2.74. The van der Waals surface area contributed by atoms with E-state index in [1.54, 1.807) is 18.2 Å². The summed E-state index contributed by atoms with van der Waals surface area (Å²) in [6.45, 7) is 5.56. The first-order valence-corrected chi connectivity index (χ1v) is 9.65. The van der Waals surface area contributed by atoms with E-state index in [2.05, 4.69) is 0 Å². The number of ether oxygens (including phenoxy) is 3. The Morgan fingerprint density at radius 3 is 2.66 bits per heavy atom. The third kappa shape index (κ3) is 4.96. The molecule has 6 nitrogen and oxygen atoms in total. The molecule has 0 saturated carbocycles. The number of para-hydroxylation sites is 1. The number of aryl methyl sites for hydroxylation is 1. The molecule has 3 aromatic rings. The lowest BCUT2D eigenvalue weighted by Crippen LogP contribution is -2.20. The molecule has 0 bridgehead atoms. The van der Waals surface area contributed by atoms with Crippen molar-refractivity contribution >= 4 is 16.9 Å². The first-order chi connectivity index (χ1) is 14.0. The second-order valence-electron chi connectivity index (χ2n) is 6.65. The molecule has 0 aliphatic rings. The molecule has 152 valence electrons. The number of fused-ring (bicyclic) bond motifs is 1. The zero-order chi connectivity index (χ0) is 20.8. The maximum atomic E-state index is 12.8. The average molecular weight is 396 g/mol. The number of hydrogen-bond acceptors (Lipinski definition) is 6. The van der Waals surface area contributed by atoms with E-state index in [-0.39, 0.29) is 23.9 Å². The first-order valence-electron chi connectivity index (χ1n) is 9.65. The summed E-state index contributed by atoms with van der Waals surface area (Å²) in [5, 5.41) is 0.367. The molecule has 0 aliphatic heterocycles. The van der Waals surface area contributed by atoms with E-state index in [4.69, 9.17) is 18.6 Å². The van der Waals surface area contributed by atoms with Gasteiger partial charge in [-0.3, -0.25) is 4.79 Å². The van der Waals surface area contributed by atoms with Gasteiger partial charge in [0.1, 0.15) is 23.3 Å². The number of hydrogen-bond donors (Lipinski definition) is 0. The normalized spacial score (nSPS) is 11.8. The van der Waals surface area contributed by atoms with E-state index in [1.807, 2.05) is 45.0 Å². The fourth-order valence-corrected chi connectivity index (χ4v) is 2.75. The molecule has 0 unspecified atom stereocenters. The minimum atomic E-state index is -0.445.